The molecule has 5 aromatic rings. The lowest BCUT2D eigenvalue weighted by Gasteiger charge is -2.15. The molecule has 3 aromatic carbocycles. The van der Waals surface area contributed by atoms with Gasteiger partial charge in [0.2, 0.25) is 5.91 Å². The Balaban J connectivity index is 1.47. The molecule has 0 saturated carbocycles. The maximum absolute atomic E-state index is 13.8. The average Bonchev–Trinajstić information content (AvgIpc) is 3.29. The minimum absolute atomic E-state index is 0.0325. The molecule has 0 spiro atoms. The molecule has 5 rings (SSSR count). The van der Waals surface area contributed by atoms with Crippen LogP contribution in [0.2, 0.25) is 0 Å². The summed E-state index contributed by atoms with van der Waals surface area (Å²) in [5.74, 6) is -0.645. The highest BCUT2D eigenvalue weighted by Crippen LogP contribution is 2.28. The fourth-order valence-electron chi connectivity index (χ4n) is 4.26. The van der Waals surface area contributed by atoms with E-state index in [0.29, 0.717) is 34.0 Å². The zero-order valence-electron chi connectivity index (χ0n) is 21.2. The monoisotopic (exact) mass is 526 g/mol. The van der Waals surface area contributed by atoms with Gasteiger partial charge in [-0.05, 0) is 68.3 Å². The number of hydrogen-bond donors (Lipinski definition) is 2. The van der Waals surface area contributed by atoms with Crippen LogP contribution < -0.4 is 10.9 Å². The van der Waals surface area contributed by atoms with Crippen LogP contribution in [0.4, 0.5) is 5.69 Å². The lowest BCUT2D eigenvalue weighted by atomic mass is 10.1. The van der Waals surface area contributed by atoms with Crippen LogP contribution in [0.25, 0.3) is 27.6 Å². The third kappa shape index (κ3) is 4.80. The number of fused-ring (bicyclic) bond motifs is 3. The van der Waals surface area contributed by atoms with Gasteiger partial charge in [0, 0.05) is 16.6 Å². The molecule has 2 heterocycles. The smallest absolute Gasteiger partial charge is 0.338 e. The molecule has 0 aliphatic carbocycles. The van der Waals surface area contributed by atoms with Crippen molar-refractivity contribution in [2.45, 2.75) is 25.9 Å². The molecule has 9 heteroatoms. The van der Waals surface area contributed by atoms with Gasteiger partial charge in [-0.1, -0.05) is 42.1 Å². The number of aryl methyl sites for hydroxylation is 1. The number of carbonyl (C=O) groups is 2. The summed E-state index contributed by atoms with van der Waals surface area (Å²) in [6.07, 6.45) is 0. The van der Waals surface area contributed by atoms with Crippen LogP contribution in [0.1, 0.15) is 28.4 Å². The number of anilines is 1. The second-order valence-corrected chi connectivity index (χ2v) is 9.73. The van der Waals surface area contributed by atoms with Gasteiger partial charge < -0.3 is 15.0 Å². The van der Waals surface area contributed by atoms with Crippen LogP contribution >= 0.6 is 11.8 Å². The normalized spacial score (nSPS) is 11.1. The van der Waals surface area contributed by atoms with Gasteiger partial charge in [0.05, 0.1) is 23.6 Å². The van der Waals surface area contributed by atoms with Gasteiger partial charge in [-0.3, -0.25) is 14.2 Å². The number of aromatic amines is 1. The lowest BCUT2D eigenvalue weighted by Crippen LogP contribution is -2.23. The molecule has 0 unspecified atom stereocenters. The number of H-pyrrole nitrogens is 1. The van der Waals surface area contributed by atoms with E-state index in [9.17, 15) is 14.4 Å². The summed E-state index contributed by atoms with van der Waals surface area (Å²) in [6, 6.07) is 19.9. The van der Waals surface area contributed by atoms with E-state index in [-0.39, 0.29) is 17.2 Å². The van der Waals surface area contributed by atoms with Gasteiger partial charge in [0.1, 0.15) is 11.0 Å². The number of nitrogens with zero attached hydrogens (tertiary/aromatic N) is 2. The van der Waals surface area contributed by atoms with E-state index in [0.717, 1.165) is 27.7 Å². The molecule has 0 atom stereocenters. The van der Waals surface area contributed by atoms with Crippen molar-refractivity contribution in [2.24, 2.45) is 0 Å². The summed E-state index contributed by atoms with van der Waals surface area (Å²) in [4.78, 5) is 46.6. The van der Waals surface area contributed by atoms with E-state index in [1.807, 2.05) is 56.3 Å². The van der Waals surface area contributed by atoms with Crippen molar-refractivity contribution >= 4 is 51.3 Å². The number of hydrogen-bond acceptors (Lipinski definition) is 6. The zero-order chi connectivity index (χ0) is 26.8. The number of amides is 1. The predicted molar refractivity (Wildman–Crippen MR) is 150 cm³/mol. The molecule has 0 aliphatic rings. The van der Waals surface area contributed by atoms with Gasteiger partial charge in [-0.25, -0.2) is 9.78 Å². The van der Waals surface area contributed by atoms with Crippen molar-refractivity contribution in [3.8, 4) is 5.69 Å². The van der Waals surface area contributed by atoms with Gasteiger partial charge in [-0.15, -0.1) is 0 Å². The first-order valence-electron chi connectivity index (χ1n) is 12.2. The number of thioether (sulfide) groups is 1. The molecule has 1 amide bonds. The largest absolute Gasteiger partial charge is 0.462 e. The average molecular weight is 527 g/mol. The van der Waals surface area contributed by atoms with Gasteiger partial charge >= 0.3 is 5.97 Å². The summed E-state index contributed by atoms with van der Waals surface area (Å²) in [7, 11) is 0. The van der Waals surface area contributed by atoms with Crippen LogP contribution in [0, 0.1) is 13.8 Å². The third-order valence-electron chi connectivity index (χ3n) is 6.32. The van der Waals surface area contributed by atoms with E-state index in [2.05, 4.69) is 10.3 Å². The summed E-state index contributed by atoms with van der Waals surface area (Å²) in [5, 5.41) is 4.11. The summed E-state index contributed by atoms with van der Waals surface area (Å²) < 4.78 is 6.57. The Hall–Kier alpha value is -4.37. The van der Waals surface area contributed by atoms with Crippen molar-refractivity contribution in [2.75, 3.05) is 17.7 Å². The Labute approximate surface area is 223 Å². The van der Waals surface area contributed by atoms with Crippen molar-refractivity contribution < 1.29 is 14.3 Å². The van der Waals surface area contributed by atoms with Gasteiger partial charge in [0.25, 0.3) is 5.56 Å². The second-order valence-electron chi connectivity index (χ2n) is 8.78. The van der Waals surface area contributed by atoms with Crippen molar-refractivity contribution in [1.82, 2.24) is 14.5 Å². The number of para-hydroxylation sites is 1. The highest BCUT2D eigenvalue weighted by atomic mass is 32.2. The standard InChI is InChI=1S/C29H26N4O4S/c1-4-37-28(36)19-12-14-20(15-13-19)30-24(34)16-38-29-32-25-21-9-5-6-10-22(21)31-26(25)27(35)33(29)23-11-7-8-17(2)18(23)3/h5-15,31H,4,16H2,1-3H3,(H,30,34). The minimum Gasteiger partial charge on any atom is -0.462 e. The maximum Gasteiger partial charge on any atom is 0.338 e. The number of rotatable bonds is 7. The lowest BCUT2D eigenvalue weighted by molar-refractivity contribution is -0.113. The highest BCUT2D eigenvalue weighted by molar-refractivity contribution is 7.99. The van der Waals surface area contributed by atoms with Crippen molar-refractivity contribution in [3.63, 3.8) is 0 Å². The second kappa shape index (κ2) is 10.5. The van der Waals surface area contributed by atoms with E-state index >= 15 is 0 Å². The third-order valence-corrected chi connectivity index (χ3v) is 7.26. The quantitative estimate of drug-likeness (QED) is 0.167. The first-order chi connectivity index (χ1) is 18.4. The van der Waals surface area contributed by atoms with E-state index in [1.165, 1.54) is 11.8 Å². The molecular formula is C29H26N4O4S. The molecule has 0 bridgehead atoms. The minimum atomic E-state index is -0.413. The Morgan fingerprint density at radius 3 is 2.55 bits per heavy atom. The van der Waals surface area contributed by atoms with Crippen molar-refractivity contribution in [3.05, 3.63) is 93.8 Å². The SMILES string of the molecule is CCOC(=O)c1ccc(NC(=O)CSc2nc3c([nH]c4ccccc43)c(=O)n2-c2cccc(C)c2C)cc1. The molecule has 0 aliphatic heterocycles. The summed E-state index contributed by atoms with van der Waals surface area (Å²) in [5.41, 5.74) is 5.28. The Morgan fingerprint density at radius 2 is 1.79 bits per heavy atom. The molecule has 2 aromatic heterocycles. The Bertz CT molecular complexity index is 1740. The molecule has 2 N–H and O–H groups in total. The van der Waals surface area contributed by atoms with Crippen LogP contribution in [0.15, 0.2) is 76.7 Å². The van der Waals surface area contributed by atoms with E-state index < -0.39 is 5.97 Å². The number of esters is 1. The van der Waals surface area contributed by atoms with Gasteiger partial charge in [0.15, 0.2) is 5.16 Å². The van der Waals surface area contributed by atoms with E-state index in [4.69, 9.17) is 9.72 Å². The van der Waals surface area contributed by atoms with Crippen molar-refractivity contribution in [1.29, 1.82) is 0 Å². The summed E-state index contributed by atoms with van der Waals surface area (Å²) >= 11 is 1.19. The first kappa shape index (κ1) is 25.3. The van der Waals surface area contributed by atoms with E-state index in [1.54, 1.807) is 35.8 Å². The molecule has 0 saturated heterocycles. The number of benzene rings is 3. The van der Waals surface area contributed by atoms with Crippen LogP contribution in [0.3, 0.4) is 0 Å². The van der Waals surface area contributed by atoms with Crippen LogP contribution in [-0.4, -0.2) is 38.8 Å². The first-order valence-corrected chi connectivity index (χ1v) is 13.2. The molecule has 0 fully saturated rings. The summed E-state index contributed by atoms with van der Waals surface area (Å²) in [6.45, 7) is 6.00. The Kier molecular flexibility index (Phi) is 7.02. The molecular weight excluding hydrogens is 500 g/mol. The Morgan fingerprint density at radius 1 is 1.03 bits per heavy atom. The number of aromatic nitrogens is 3. The number of ether oxygens (including phenoxy) is 1. The van der Waals surface area contributed by atoms with Crippen LogP contribution in [-0.2, 0) is 9.53 Å². The molecule has 0 radical (unpaired) electrons. The number of nitrogens with one attached hydrogen (secondary N) is 2. The maximum atomic E-state index is 13.8. The van der Waals surface area contributed by atoms with Crippen LogP contribution in [0.5, 0.6) is 0 Å². The predicted octanol–water partition coefficient (Wildman–Crippen LogP) is 5.39. The van der Waals surface area contributed by atoms with Gasteiger partial charge in [-0.2, -0.15) is 0 Å². The molecule has 8 nitrogen and oxygen atoms in total. The topological polar surface area (TPSA) is 106 Å². The fourth-order valence-corrected chi connectivity index (χ4v) is 5.06. The highest BCUT2D eigenvalue weighted by Gasteiger charge is 2.19. The zero-order valence-corrected chi connectivity index (χ0v) is 22.0. The molecule has 38 heavy (non-hydrogen) atoms. The number of carbonyl (C=O) groups excluding carboxylic acids is 2. The fraction of sp³-hybridized carbons (Fsp3) is 0.172. The molecule has 192 valence electrons.